The molecule has 2 amide bonds. The van der Waals surface area contributed by atoms with Gasteiger partial charge in [0.2, 0.25) is 0 Å². The molecule has 2 bridgehead atoms. The number of hydrogen-bond donors (Lipinski definition) is 1. The van der Waals surface area contributed by atoms with Crippen molar-refractivity contribution in [3.05, 3.63) is 35.9 Å². The molecule has 1 unspecified atom stereocenters. The van der Waals surface area contributed by atoms with Gasteiger partial charge in [0.15, 0.2) is 6.29 Å². The molecule has 22 heavy (non-hydrogen) atoms. The van der Waals surface area contributed by atoms with Gasteiger partial charge in [-0.1, -0.05) is 30.3 Å². The molecular formula is C16H22N2O4. The molecule has 2 aliphatic heterocycles. The van der Waals surface area contributed by atoms with Crippen LogP contribution in [-0.4, -0.2) is 52.6 Å². The summed E-state index contributed by atoms with van der Waals surface area (Å²) < 4.78 is 5.25. The number of aliphatic hydroxyl groups excluding tert-OH is 1. The van der Waals surface area contributed by atoms with Crippen LogP contribution in [0.2, 0.25) is 0 Å². The lowest BCUT2D eigenvalue weighted by molar-refractivity contribution is -0.142. The molecule has 6 heteroatoms. The number of benzene rings is 1. The summed E-state index contributed by atoms with van der Waals surface area (Å²) in [5.74, 6) is 0. The van der Waals surface area contributed by atoms with Crippen LogP contribution in [0.15, 0.2) is 30.3 Å². The van der Waals surface area contributed by atoms with Gasteiger partial charge in [-0.05, 0) is 25.3 Å². The highest BCUT2D eigenvalue weighted by molar-refractivity contribution is 5.77. The van der Waals surface area contributed by atoms with E-state index in [9.17, 15) is 9.90 Å². The van der Waals surface area contributed by atoms with Crippen molar-refractivity contribution in [2.24, 2.45) is 0 Å². The molecule has 1 N–H and O–H groups in total. The molecule has 2 fully saturated rings. The number of amides is 2. The van der Waals surface area contributed by atoms with Gasteiger partial charge in [-0.2, -0.15) is 5.06 Å². The summed E-state index contributed by atoms with van der Waals surface area (Å²) in [5.41, 5.74) is 1.03. The molecule has 3 atom stereocenters. The topological polar surface area (TPSA) is 62.2 Å². The molecule has 2 heterocycles. The fraction of sp³-hybridized carbons (Fsp3) is 0.562. The van der Waals surface area contributed by atoms with Crippen molar-refractivity contribution in [3.8, 4) is 0 Å². The number of urea groups is 1. The first-order valence-electron chi connectivity index (χ1n) is 7.77. The zero-order valence-corrected chi connectivity index (χ0v) is 12.7. The number of hydrogen-bond acceptors (Lipinski definition) is 4. The molecular weight excluding hydrogens is 284 g/mol. The van der Waals surface area contributed by atoms with Gasteiger partial charge in [-0.15, -0.1) is 0 Å². The van der Waals surface area contributed by atoms with Gasteiger partial charge in [0.1, 0.15) is 6.61 Å². The maximum absolute atomic E-state index is 12.5. The molecule has 2 saturated heterocycles. The highest BCUT2D eigenvalue weighted by atomic mass is 16.7. The molecule has 0 aliphatic carbocycles. The van der Waals surface area contributed by atoms with Crippen molar-refractivity contribution in [2.75, 3.05) is 13.2 Å². The summed E-state index contributed by atoms with van der Waals surface area (Å²) in [6.07, 6.45) is 0.609. The Balaban J connectivity index is 1.62. The maximum Gasteiger partial charge on any atom is 0.344 e. The lowest BCUT2D eigenvalue weighted by atomic mass is 10.0. The van der Waals surface area contributed by atoms with Gasteiger partial charge in [0.05, 0.1) is 12.1 Å². The van der Waals surface area contributed by atoms with E-state index in [0.717, 1.165) is 18.4 Å². The highest BCUT2D eigenvalue weighted by Crippen LogP contribution is 2.32. The summed E-state index contributed by atoms with van der Waals surface area (Å²) >= 11 is 0. The molecule has 2 aliphatic rings. The second kappa shape index (κ2) is 6.64. The fourth-order valence-corrected chi connectivity index (χ4v) is 3.12. The zero-order chi connectivity index (χ0) is 15.5. The Kier molecular flexibility index (Phi) is 4.61. The van der Waals surface area contributed by atoms with Crippen molar-refractivity contribution in [1.82, 2.24) is 9.96 Å². The first-order valence-corrected chi connectivity index (χ1v) is 7.77. The molecule has 6 nitrogen and oxygen atoms in total. The van der Waals surface area contributed by atoms with Crippen LogP contribution in [0, 0.1) is 0 Å². The monoisotopic (exact) mass is 306 g/mol. The van der Waals surface area contributed by atoms with Crippen LogP contribution >= 0.6 is 0 Å². The van der Waals surface area contributed by atoms with E-state index in [1.165, 1.54) is 5.06 Å². The Morgan fingerprint density at radius 1 is 1.32 bits per heavy atom. The van der Waals surface area contributed by atoms with E-state index in [4.69, 9.17) is 9.57 Å². The van der Waals surface area contributed by atoms with Gasteiger partial charge >= 0.3 is 6.03 Å². The van der Waals surface area contributed by atoms with E-state index >= 15 is 0 Å². The Bertz CT molecular complexity index is 510. The Hall–Kier alpha value is -1.63. The van der Waals surface area contributed by atoms with Gasteiger partial charge in [-0.3, -0.25) is 4.84 Å². The quantitative estimate of drug-likeness (QED) is 0.813. The molecule has 3 rings (SSSR count). The predicted molar refractivity (Wildman–Crippen MR) is 79.6 cm³/mol. The normalized spacial score (nSPS) is 25.6. The summed E-state index contributed by atoms with van der Waals surface area (Å²) in [7, 11) is 0. The minimum absolute atomic E-state index is 0.0567. The summed E-state index contributed by atoms with van der Waals surface area (Å²) in [5, 5.41) is 11.5. The van der Waals surface area contributed by atoms with Crippen LogP contribution in [0.25, 0.3) is 0 Å². The summed E-state index contributed by atoms with van der Waals surface area (Å²) in [4.78, 5) is 19.9. The lowest BCUT2D eigenvalue weighted by Gasteiger charge is -2.33. The van der Waals surface area contributed by atoms with Gasteiger partial charge in [-0.25, -0.2) is 4.79 Å². The number of nitrogens with zero attached hydrogens (tertiary/aromatic N) is 2. The number of carbonyl (C=O) groups excluding carboxylic acids is 1. The first kappa shape index (κ1) is 15.3. The highest BCUT2D eigenvalue weighted by Gasteiger charge is 2.47. The van der Waals surface area contributed by atoms with Crippen LogP contribution in [0.5, 0.6) is 0 Å². The third-order valence-electron chi connectivity index (χ3n) is 4.25. The van der Waals surface area contributed by atoms with Crippen molar-refractivity contribution in [2.45, 2.75) is 44.7 Å². The Morgan fingerprint density at radius 3 is 2.82 bits per heavy atom. The Morgan fingerprint density at radius 2 is 2.09 bits per heavy atom. The van der Waals surface area contributed by atoms with E-state index in [0.29, 0.717) is 19.8 Å². The van der Waals surface area contributed by atoms with Crippen LogP contribution in [-0.2, 0) is 16.2 Å². The smallest absolute Gasteiger partial charge is 0.344 e. The van der Waals surface area contributed by atoms with Crippen LogP contribution in [0.3, 0.4) is 0 Å². The minimum atomic E-state index is -0.927. The average Bonchev–Trinajstić information content (AvgIpc) is 2.78. The molecule has 0 spiro atoms. The summed E-state index contributed by atoms with van der Waals surface area (Å²) in [6, 6.07) is 9.37. The second-order valence-corrected chi connectivity index (χ2v) is 5.66. The van der Waals surface area contributed by atoms with E-state index in [2.05, 4.69) is 0 Å². The average molecular weight is 306 g/mol. The van der Waals surface area contributed by atoms with Crippen molar-refractivity contribution < 1.29 is 19.5 Å². The first-order chi connectivity index (χ1) is 10.7. The Labute approximate surface area is 130 Å². The van der Waals surface area contributed by atoms with E-state index in [1.807, 2.05) is 37.3 Å². The van der Waals surface area contributed by atoms with Gasteiger partial charge < -0.3 is 14.7 Å². The standard InChI is InChI=1S/C16H22N2O4/c1-2-21-15(19)14-9-8-13-10-17(14)16(20)18(13)22-11-12-6-4-3-5-7-12/h3-7,13-15,19H,2,8-11H2,1H3/t13-,14+,15?/m1/s1. The maximum atomic E-state index is 12.5. The predicted octanol–water partition coefficient (Wildman–Crippen LogP) is 1.74. The largest absolute Gasteiger partial charge is 0.366 e. The molecule has 0 saturated carbocycles. The van der Waals surface area contributed by atoms with Crippen LogP contribution < -0.4 is 0 Å². The van der Waals surface area contributed by atoms with E-state index < -0.39 is 6.29 Å². The van der Waals surface area contributed by atoms with Crippen molar-refractivity contribution in [3.63, 3.8) is 0 Å². The van der Waals surface area contributed by atoms with Crippen molar-refractivity contribution >= 4 is 6.03 Å². The lowest BCUT2D eigenvalue weighted by Crippen LogP contribution is -2.48. The number of fused-ring (bicyclic) bond motifs is 2. The number of piperidine rings is 1. The zero-order valence-electron chi connectivity index (χ0n) is 12.7. The SMILES string of the molecule is CCOC(O)[C@@H]1CC[C@@H]2CN1C(=O)N2OCc1ccccc1. The number of rotatable bonds is 6. The molecule has 0 aromatic heterocycles. The third-order valence-corrected chi connectivity index (χ3v) is 4.25. The molecule has 1 aromatic rings. The van der Waals surface area contributed by atoms with Crippen LogP contribution in [0.1, 0.15) is 25.3 Å². The summed E-state index contributed by atoms with van der Waals surface area (Å²) in [6.45, 7) is 3.21. The minimum Gasteiger partial charge on any atom is -0.366 e. The number of aliphatic hydroxyl groups is 1. The van der Waals surface area contributed by atoms with E-state index in [1.54, 1.807) is 4.90 Å². The second-order valence-electron chi connectivity index (χ2n) is 5.66. The fourth-order valence-electron chi connectivity index (χ4n) is 3.12. The number of carbonyl (C=O) groups is 1. The van der Waals surface area contributed by atoms with Gasteiger partial charge in [0, 0.05) is 13.2 Å². The number of ether oxygens (including phenoxy) is 1. The van der Waals surface area contributed by atoms with Crippen LogP contribution in [0.4, 0.5) is 4.79 Å². The third kappa shape index (κ3) is 2.95. The molecule has 0 radical (unpaired) electrons. The molecule has 120 valence electrons. The van der Waals surface area contributed by atoms with E-state index in [-0.39, 0.29) is 18.1 Å². The number of hydroxylamine groups is 2. The van der Waals surface area contributed by atoms with Crippen molar-refractivity contribution in [1.29, 1.82) is 0 Å². The molecule has 1 aromatic carbocycles. The van der Waals surface area contributed by atoms with Gasteiger partial charge in [0.25, 0.3) is 0 Å².